The highest BCUT2D eigenvalue weighted by atomic mass is 32.1. The van der Waals surface area contributed by atoms with E-state index >= 15 is 0 Å². The molecule has 1 saturated carbocycles. The van der Waals surface area contributed by atoms with Crippen LogP contribution in [0.2, 0.25) is 0 Å². The zero-order valence-electron chi connectivity index (χ0n) is 14.8. The molecular weight excluding hydrogens is 364 g/mol. The van der Waals surface area contributed by atoms with Gasteiger partial charge in [0.15, 0.2) is 0 Å². The molecule has 3 rings (SSSR count). The Labute approximate surface area is 161 Å². The SMILES string of the molecule is O=C(CCCc1cccs1)Nc1cccc(C(=O)NC2CC(C(=O)O)C2)c1. The molecule has 0 saturated heterocycles. The molecule has 3 N–H and O–H groups in total. The molecule has 2 amide bonds. The maximum atomic E-state index is 12.3. The van der Waals surface area contributed by atoms with Crippen LogP contribution in [0, 0.1) is 5.92 Å². The summed E-state index contributed by atoms with van der Waals surface area (Å²) in [6, 6.07) is 10.7. The Kier molecular flexibility index (Phi) is 6.24. The van der Waals surface area contributed by atoms with E-state index in [0.29, 0.717) is 30.5 Å². The van der Waals surface area contributed by atoms with Gasteiger partial charge in [-0.05, 0) is 55.3 Å². The number of carbonyl (C=O) groups is 3. The predicted octanol–water partition coefficient (Wildman–Crippen LogP) is 3.30. The van der Waals surface area contributed by atoms with Gasteiger partial charge in [-0.25, -0.2) is 0 Å². The van der Waals surface area contributed by atoms with E-state index in [-0.39, 0.29) is 23.8 Å². The Morgan fingerprint density at radius 2 is 1.96 bits per heavy atom. The largest absolute Gasteiger partial charge is 0.481 e. The minimum Gasteiger partial charge on any atom is -0.481 e. The monoisotopic (exact) mass is 386 g/mol. The van der Waals surface area contributed by atoms with Gasteiger partial charge in [0.2, 0.25) is 5.91 Å². The summed E-state index contributed by atoms with van der Waals surface area (Å²) in [7, 11) is 0. The first-order valence-electron chi connectivity index (χ1n) is 8.97. The van der Waals surface area contributed by atoms with Crippen LogP contribution in [0.5, 0.6) is 0 Å². The lowest BCUT2D eigenvalue weighted by Gasteiger charge is -2.32. The van der Waals surface area contributed by atoms with Crippen LogP contribution in [-0.2, 0) is 16.0 Å². The highest BCUT2D eigenvalue weighted by Gasteiger charge is 2.35. The van der Waals surface area contributed by atoms with E-state index in [1.165, 1.54) is 4.88 Å². The summed E-state index contributed by atoms with van der Waals surface area (Å²) in [5.41, 5.74) is 1.03. The molecule has 0 radical (unpaired) electrons. The van der Waals surface area contributed by atoms with Crippen LogP contribution in [0.15, 0.2) is 41.8 Å². The van der Waals surface area contributed by atoms with Crippen molar-refractivity contribution in [2.75, 3.05) is 5.32 Å². The van der Waals surface area contributed by atoms with Gasteiger partial charge < -0.3 is 15.7 Å². The van der Waals surface area contributed by atoms with Crippen LogP contribution in [0.1, 0.15) is 40.9 Å². The summed E-state index contributed by atoms with van der Waals surface area (Å²) in [5.74, 6) is -1.51. The second-order valence-electron chi connectivity index (χ2n) is 6.74. The Bertz CT molecular complexity index is 813. The number of aryl methyl sites for hydroxylation is 1. The Morgan fingerprint density at radius 3 is 2.67 bits per heavy atom. The Hall–Kier alpha value is -2.67. The smallest absolute Gasteiger partial charge is 0.306 e. The minimum absolute atomic E-state index is 0.0765. The fraction of sp³-hybridized carbons (Fsp3) is 0.350. The van der Waals surface area contributed by atoms with Crippen LogP contribution < -0.4 is 10.6 Å². The number of carboxylic acid groups (broad SMARTS) is 1. The number of aliphatic carboxylic acids is 1. The summed E-state index contributed by atoms with van der Waals surface area (Å²) in [6.45, 7) is 0. The molecule has 1 aliphatic carbocycles. The van der Waals surface area contributed by atoms with Crippen molar-refractivity contribution in [3.63, 3.8) is 0 Å². The van der Waals surface area contributed by atoms with Gasteiger partial charge in [-0.15, -0.1) is 11.3 Å². The highest BCUT2D eigenvalue weighted by Crippen LogP contribution is 2.27. The maximum Gasteiger partial charge on any atom is 0.306 e. The number of amides is 2. The maximum absolute atomic E-state index is 12.3. The van der Waals surface area contributed by atoms with E-state index in [1.807, 2.05) is 11.4 Å². The van der Waals surface area contributed by atoms with Crippen molar-refractivity contribution in [1.29, 1.82) is 0 Å². The summed E-state index contributed by atoms with van der Waals surface area (Å²) >= 11 is 1.69. The van der Waals surface area contributed by atoms with Crippen LogP contribution in [0.3, 0.4) is 0 Å². The molecule has 1 aromatic heterocycles. The third-order valence-electron chi connectivity index (χ3n) is 4.64. The van der Waals surface area contributed by atoms with E-state index in [9.17, 15) is 14.4 Å². The molecule has 1 aliphatic rings. The number of anilines is 1. The standard InChI is InChI=1S/C20H22N2O4S/c23-18(8-2-6-17-7-3-9-27-17)21-15-5-1-4-13(10-15)19(24)22-16-11-14(12-16)20(25)26/h1,3-5,7,9-10,14,16H,2,6,8,11-12H2,(H,21,23)(H,22,24)(H,25,26). The van der Waals surface area contributed by atoms with Crippen molar-refractivity contribution >= 4 is 34.8 Å². The average molecular weight is 386 g/mol. The van der Waals surface area contributed by atoms with Gasteiger partial charge in [0, 0.05) is 28.6 Å². The molecule has 27 heavy (non-hydrogen) atoms. The van der Waals surface area contributed by atoms with Gasteiger partial charge in [-0.1, -0.05) is 12.1 Å². The first kappa shape index (κ1) is 19.1. The van der Waals surface area contributed by atoms with Crippen LogP contribution in [0.25, 0.3) is 0 Å². The van der Waals surface area contributed by atoms with Crippen molar-refractivity contribution in [2.45, 2.75) is 38.1 Å². The molecule has 1 fully saturated rings. The molecule has 2 aromatic rings. The topological polar surface area (TPSA) is 95.5 Å². The summed E-state index contributed by atoms with van der Waals surface area (Å²) < 4.78 is 0. The van der Waals surface area contributed by atoms with Crippen LogP contribution in [0.4, 0.5) is 5.69 Å². The summed E-state index contributed by atoms with van der Waals surface area (Å²) in [5, 5.41) is 16.6. The molecule has 0 atom stereocenters. The van der Waals surface area contributed by atoms with E-state index in [4.69, 9.17) is 5.11 Å². The first-order valence-corrected chi connectivity index (χ1v) is 9.85. The quantitative estimate of drug-likeness (QED) is 0.649. The Balaban J connectivity index is 1.45. The van der Waals surface area contributed by atoms with Gasteiger partial charge in [0.1, 0.15) is 0 Å². The molecule has 0 unspecified atom stereocenters. The fourth-order valence-electron chi connectivity index (χ4n) is 3.05. The van der Waals surface area contributed by atoms with Crippen molar-refractivity contribution in [2.24, 2.45) is 5.92 Å². The number of thiophene rings is 1. The number of hydrogen-bond donors (Lipinski definition) is 3. The third-order valence-corrected chi connectivity index (χ3v) is 5.57. The van der Waals surface area contributed by atoms with E-state index in [2.05, 4.69) is 16.7 Å². The number of hydrogen-bond acceptors (Lipinski definition) is 4. The number of rotatable bonds is 8. The molecule has 7 heteroatoms. The highest BCUT2D eigenvalue weighted by molar-refractivity contribution is 7.09. The summed E-state index contributed by atoms with van der Waals surface area (Å²) in [4.78, 5) is 36.5. The van der Waals surface area contributed by atoms with Crippen molar-refractivity contribution in [3.05, 3.63) is 52.2 Å². The van der Waals surface area contributed by atoms with Gasteiger partial charge in [-0.3, -0.25) is 14.4 Å². The number of carboxylic acids is 1. The molecular formula is C20H22N2O4S. The zero-order chi connectivity index (χ0) is 19.2. The Morgan fingerprint density at radius 1 is 1.15 bits per heavy atom. The van der Waals surface area contributed by atoms with Crippen molar-refractivity contribution in [1.82, 2.24) is 5.32 Å². The average Bonchev–Trinajstić information content (AvgIpc) is 3.10. The zero-order valence-corrected chi connectivity index (χ0v) is 15.6. The normalized spacial score (nSPS) is 18.4. The lowest BCUT2D eigenvalue weighted by molar-refractivity contribution is -0.145. The molecule has 1 heterocycles. The molecule has 0 bridgehead atoms. The molecule has 0 aliphatic heterocycles. The van der Waals surface area contributed by atoms with Crippen LogP contribution in [-0.4, -0.2) is 28.9 Å². The fourth-order valence-corrected chi connectivity index (χ4v) is 3.80. The van der Waals surface area contributed by atoms with E-state index < -0.39 is 5.97 Å². The second-order valence-corrected chi connectivity index (χ2v) is 7.77. The predicted molar refractivity (Wildman–Crippen MR) is 104 cm³/mol. The third kappa shape index (κ3) is 5.40. The van der Waals surface area contributed by atoms with Crippen molar-refractivity contribution in [3.8, 4) is 0 Å². The summed E-state index contributed by atoms with van der Waals surface area (Å²) in [6.07, 6.45) is 3.00. The van der Waals surface area contributed by atoms with E-state index in [1.54, 1.807) is 35.6 Å². The first-order chi connectivity index (χ1) is 13.0. The molecule has 1 aromatic carbocycles. The van der Waals surface area contributed by atoms with Gasteiger partial charge in [0.25, 0.3) is 5.91 Å². The second kappa shape index (κ2) is 8.81. The lowest BCUT2D eigenvalue weighted by Crippen LogP contribution is -2.46. The number of nitrogens with one attached hydrogen (secondary N) is 2. The van der Waals surface area contributed by atoms with Gasteiger partial charge in [-0.2, -0.15) is 0 Å². The molecule has 142 valence electrons. The van der Waals surface area contributed by atoms with Gasteiger partial charge >= 0.3 is 5.97 Å². The van der Waals surface area contributed by atoms with E-state index in [0.717, 1.165) is 12.8 Å². The number of carbonyl (C=O) groups excluding carboxylic acids is 2. The molecule has 0 spiro atoms. The number of benzene rings is 1. The van der Waals surface area contributed by atoms with Gasteiger partial charge in [0.05, 0.1) is 5.92 Å². The minimum atomic E-state index is -0.815. The van der Waals surface area contributed by atoms with Crippen molar-refractivity contribution < 1.29 is 19.5 Å². The van der Waals surface area contributed by atoms with Crippen LogP contribution >= 0.6 is 11.3 Å². The lowest BCUT2D eigenvalue weighted by atomic mass is 9.80. The molecule has 6 nitrogen and oxygen atoms in total.